The Bertz CT molecular complexity index is 1130. The summed E-state index contributed by atoms with van der Waals surface area (Å²) in [5.41, 5.74) is 2.43. The molecule has 186 valence electrons. The van der Waals surface area contributed by atoms with Crippen LogP contribution < -0.4 is 5.32 Å². The van der Waals surface area contributed by atoms with Crippen LogP contribution in [0.1, 0.15) is 74.9 Å². The van der Waals surface area contributed by atoms with Crippen molar-refractivity contribution >= 4 is 5.91 Å². The number of nitrogens with one attached hydrogen (secondary N) is 1. The second-order valence-electron chi connectivity index (χ2n) is 9.95. The molecule has 1 atom stereocenters. The number of aromatic nitrogens is 2. The number of amides is 1. The van der Waals surface area contributed by atoms with Gasteiger partial charge in [-0.1, -0.05) is 25.7 Å². The van der Waals surface area contributed by atoms with Crippen LogP contribution in [-0.2, 0) is 0 Å². The summed E-state index contributed by atoms with van der Waals surface area (Å²) in [6.45, 7) is 4.80. The highest BCUT2D eigenvalue weighted by atomic mass is 19.1. The lowest BCUT2D eigenvalue weighted by molar-refractivity contribution is 0.0912. The van der Waals surface area contributed by atoms with Gasteiger partial charge in [-0.3, -0.25) is 9.69 Å². The zero-order valence-electron chi connectivity index (χ0n) is 20.5. The Hall–Kier alpha value is -2.93. The number of rotatable bonds is 7. The molecule has 3 aromatic rings. The summed E-state index contributed by atoms with van der Waals surface area (Å²) in [7, 11) is 0. The molecule has 1 saturated heterocycles. The molecule has 1 saturated carbocycles. The molecular weight excluding hydrogens is 443 g/mol. The van der Waals surface area contributed by atoms with Gasteiger partial charge in [-0.2, -0.15) is 0 Å². The molecule has 0 bridgehead atoms. The van der Waals surface area contributed by atoms with E-state index in [1.807, 2.05) is 12.4 Å². The van der Waals surface area contributed by atoms with Crippen LogP contribution in [0.4, 0.5) is 4.39 Å². The predicted molar refractivity (Wildman–Crippen MR) is 135 cm³/mol. The first-order valence-corrected chi connectivity index (χ1v) is 13.1. The number of carbonyl (C=O) groups excluding carboxylic acids is 1. The molecule has 1 amide bonds. The van der Waals surface area contributed by atoms with Gasteiger partial charge in [-0.25, -0.2) is 9.37 Å². The maximum absolute atomic E-state index is 13.6. The van der Waals surface area contributed by atoms with Gasteiger partial charge in [-0.05, 0) is 75.5 Å². The van der Waals surface area contributed by atoms with E-state index >= 15 is 0 Å². The average molecular weight is 479 g/mol. The van der Waals surface area contributed by atoms with Crippen molar-refractivity contribution in [2.24, 2.45) is 0 Å². The number of imidazole rings is 1. The summed E-state index contributed by atoms with van der Waals surface area (Å²) in [6, 6.07) is 10.9. The molecule has 6 nitrogen and oxygen atoms in total. The van der Waals surface area contributed by atoms with Gasteiger partial charge < -0.3 is 14.3 Å². The molecule has 1 N–H and O–H groups in total. The Balaban J connectivity index is 1.36. The summed E-state index contributed by atoms with van der Waals surface area (Å²) in [6.07, 6.45) is 11.4. The lowest BCUT2D eigenvalue weighted by Gasteiger charge is -2.33. The van der Waals surface area contributed by atoms with Gasteiger partial charge in [0, 0.05) is 30.7 Å². The fourth-order valence-corrected chi connectivity index (χ4v) is 5.54. The zero-order chi connectivity index (χ0) is 24.2. The van der Waals surface area contributed by atoms with Gasteiger partial charge in [0.05, 0.1) is 12.0 Å². The van der Waals surface area contributed by atoms with E-state index in [1.165, 1.54) is 50.7 Å². The van der Waals surface area contributed by atoms with Gasteiger partial charge >= 0.3 is 0 Å². The number of benzene rings is 1. The fourth-order valence-electron chi connectivity index (χ4n) is 5.54. The molecule has 35 heavy (non-hydrogen) atoms. The van der Waals surface area contributed by atoms with E-state index in [-0.39, 0.29) is 11.7 Å². The summed E-state index contributed by atoms with van der Waals surface area (Å²) in [5, 5.41) is 3.02. The number of carbonyl (C=O) groups is 1. The molecule has 1 aliphatic heterocycles. The Kier molecular flexibility index (Phi) is 7.32. The van der Waals surface area contributed by atoms with E-state index in [4.69, 9.17) is 9.40 Å². The summed E-state index contributed by atoms with van der Waals surface area (Å²) in [5.74, 6) is 0.432. The van der Waals surface area contributed by atoms with Crippen LogP contribution in [0.25, 0.3) is 22.7 Å². The first kappa shape index (κ1) is 23.8. The molecule has 0 radical (unpaired) electrons. The Morgan fingerprint density at radius 2 is 1.83 bits per heavy atom. The monoisotopic (exact) mass is 478 g/mol. The quantitative estimate of drug-likeness (QED) is 0.448. The first-order valence-electron chi connectivity index (χ1n) is 13.1. The summed E-state index contributed by atoms with van der Waals surface area (Å²) in [4.78, 5) is 20.0. The van der Waals surface area contributed by atoms with E-state index in [0.29, 0.717) is 30.1 Å². The van der Waals surface area contributed by atoms with Gasteiger partial charge in [-0.15, -0.1) is 0 Å². The standard InChI is InChI=1S/C28H35FN4O2/c1-20-7-5-6-17-32(20)18-16-30-28(34)25-15-14-24(35-25)27-26(21-10-12-22(29)13-11-21)31-19-33(27)23-8-3-2-4-9-23/h10-15,19-20,23H,2-9,16-18H2,1H3,(H,30,34)/t20-/m0/s1. The summed E-state index contributed by atoms with van der Waals surface area (Å²) < 4.78 is 21.9. The molecule has 0 spiro atoms. The molecule has 1 aromatic carbocycles. The molecule has 2 aliphatic rings. The molecule has 0 unspecified atom stereocenters. The van der Waals surface area contributed by atoms with E-state index in [1.54, 1.807) is 18.2 Å². The van der Waals surface area contributed by atoms with Crippen LogP contribution in [0.3, 0.4) is 0 Å². The molecular formula is C28H35FN4O2. The van der Waals surface area contributed by atoms with Crippen LogP contribution >= 0.6 is 0 Å². The third kappa shape index (κ3) is 5.35. The topological polar surface area (TPSA) is 63.3 Å². The summed E-state index contributed by atoms with van der Waals surface area (Å²) >= 11 is 0. The maximum atomic E-state index is 13.6. The van der Waals surface area contributed by atoms with Gasteiger partial charge in [0.25, 0.3) is 5.91 Å². The highest BCUT2D eigenvalue weighted by Gasteiger charge is 2.25. The number of nitrogens with zero attached hydrogens (tertiary/aromatic N) is 3. The molecule has 5 rings (SSSR count). The van der Waals surface area contributed by atoms with Crippen molar-refractivity contribution in [3.63, 3.8) is 0 Å². The minimum atomic E-state index is -0.280. The Morgan fingerprint density at radius 3 is 2.60 bits per heavy atom. The zero-order valence-corrected chi connectivity index (χ0v) is 20.5. The lowest BCUT2D eigenvalue weighted by Crippen LogP contribution is -2.42. The van der Waals surface area contributed by atoms with E-state index < -0.39 is 0 Å². The highest BCUT2D eigenvalue weighted by molar-refractivity contribution is 5.92. The van der Waals surface area contributed by atoms with Crippen molar-refractivity contribution < 1.29 is 13.6 Å². The second-order valence-corrected chi connectivity index (χ2v) is 9.95. The maximum Gasteiger partial charge on any atom is 0.287 e. The molecule has 1 aliphatic carbocycles. The Morgan fingerprint density at radius 1 is 1.06 bits per heavy atom. The third-order valence-corrected chi connectivity index (χ3v) is 7.57. The molecule has 2 fully saturated rings. The molecule has 7 heteroatoms. The number of likely N-dealkylation sites (tertiary alicyclic amines) is 1. The number of halogens is 1. The third-order valence-electron chi connectivity index (χ3n) is 7.57. The fraction of sp³-hybridized carbons (Fsp3) is 0.500. The second kappa shape index (κ2) is 10.8. The lowest BCUT2D eigenvalue weighted by atomic mass is 9.95. The van der Waals surface area contributed by atoms with Gasteiger partial charge in [0.2, 0.25) is 0 Å². The number of hydrogen-bond acceptors (Lipinski definition) is 4. The van der Waals surface area contributed by atoms with Crippen molar-refractivity contribution in [2.45, 2.75) is 70.4 Å². The van der Waals surface area contributed by atoms with Crippen molar-refractivity contribution in [3.05, 3.63) is 54.3 Å². The van der Waals surface area contributed by atoms with Crippen LogP contribution in [0.2, 0.25) is 0 Å². The van der Waals surface area contributed by atoms with Gasteiger partial charge in [0.15, 0.2) is 11.5 Å². The minimum absolute atomic E-state index is 0.201. The van der Waals surface area contributed by atoms with Crippen molar-refractivity contribution in [2.75, 3.05) is 19.6 Å². The highest BCUT2D eigenvalue weighted by Crippen LogP contribution is 2.38. The number of furan rings is 1. The van der Waals surface area contributed by atoms with E-state index in [9.17, 15) is 9.18 Å². The first-order chi connectivity index (χ1) is 17.1. The molecule has 2 aromatic heterocycles. The van der Waals surface area contributed by atoms with E-state index in [2.05, 4.69) is 21.7 Å². The molecule has 3 heterocycles. The Labute approximate surface area is 206 Å². The SMILES string of the molecule is C[C@H]1CCCCN1CCNC(=O)c1ccc(-c2c(-c3ccc(F)cc3)ncn2C2CCCCC2)o1. The average Bonchev–Trinajstić information content (AvgIpc) is 3.54. The van der Waals surface area contributed by atoms with Crippen molar-refractivity contribution in [1.82, 2.24) is 19.8 Å². The predicted octanol–water partition coefficient (Wildman–Crippen LogP) is 6.06. The largest absolute Gasteiger partial charge is 0.449 e. The number of piperidine rings is 1. The van der Waals surface area contributed by atoms with Gasteiger partial charge in [0.1, 0.15) is 11.5 Å². The minimum Gasteiger partial charge on any atom is -0.449 e. The normalized spacial score (nSPS) is 19.7. The van der Waals surface area contributed by atoms with Crippen molar-refractivity contribution in [1.29, 1.82) is 0 Å². The smallest absolute Gasteiger partial charge is 0.287 e. The van der Waals surface area contributed by atoms with Crippen molar-refractivity contribution in [3.8, 4) is 22.7 Å². The van der Waals surface area contributed by atoms with Crippen LogP contribution in [0.15, 0.2) is 47.1 Å². The van der Waals surface area contributed by atoms with Crippen LogP contribution in [-0.4, -0.2) is 46.0 Å². The van der Waals surface area contributed by atoms with Crippen LogP contribution in [0.5, 0.6) is 0 Å². The van der Waals surface area contributed by atoms with E-state index in [0.717, 1.165) is 42.9 Å². The van der Waals surface area contributed by atoms with Crippen LogP contribution in [0, 0.1) is 5.82 Å². The number of hydrogen-bond donors (Lipinski definition) is 1.